The molecule has 7 heteroatoms. The van der Waals surface area contributed by atoms with Crippen molar-refractivity contribution in [2.75, 3.05) is 5.32 Å². The molecule has 0 saturated heterocycles. The number of hydrogen-bond donors (Lipinski definition) is 2. The number of amides is 1. The lowest BCUT2D eigenvalue weighted by Crippen LogP contribution is -2.16. The topological polar surface area (TPSA) is 92.4 Å². The number of pyridine rings is 1. The summed E-state index contributed by atoms with van der Waals surface area (Å²) in [5, 5.41) is 17.5. The second kappa shape index (κ2) is 6.73. The smallest absolute Gasteiger partial charge is 0.274 e. The van der Waals surface area contributed by atoms with Crippen molar-refractivity contribution in [3.8, 4) is 0 Å². The van der Waals surface area contributed by atoms with Crippen molar-refractivity contribution in [2.24, 2.45) is 0 Å². The lowest BCUT2D eigenvalue weighted by molar-refractivity contribution is 0.102. The molecule has 4 aromatic rings. The quantitative estimate of drug-likeness (QED) is 0.593. The highest BCUT2D eigenvalue weighted by atomic mass is 16.3. The Balaban J connectivity index is 1.63. The van der Waals surface area contributed by atoms with Gasteiger partial charge in [0.2, 0.25) is 0 Å². The number of fused-ring (bicyclic) bond motifs is 1. The summed E-state index contributed by atoms with van der Waals surface area (Å²) in [6.45, 7) is 0. The molecular formula is C19H15N5O2. The summed E-state index contributed by atoms with van der Waals surface area (Å²) in [6, 6.07) is 15.7. The first-order valence-corrected chi connectivity index (χ1v) is 8.02. The molecule has 4 rings (SSSR count). The van der Waals surface area contributed by atoms with Gasteiger partial charge < -0.3 is 10.4 Å². The molecule has 1 aromatic carbocycles. The summed E-state index contributed by atoms with van der Waals surface area (Å²) in [5.74, 6) is -0.366. The van der Waals surface area contributed by atoms with Crippen LogP contribution in [0.3, 0.4) is 0 Å². The minimum atomic E-state index is -0.946. The minimum Gasteiger partial charge on any atom is -0.382 e. The largest absolute Gasteiger partial charge is 0.382 e. The Morgan fingerprint density at radius 2 is 1.88 bits per heavy atom. The zero-order valence-electron chi connectivity index (χ0n) is 13.6. The predicted molar refractivity (Wildman–Crippen MR) is 95.7 cm³/mol. The molecule has 0 bridgehead atoms. The summed E-state index contributed by atoms with van der Waals surface area (Å²) in [7, 11) is 0. The molecule has 0 aliphatic heterocycles. The van der Waals surface area contributed by atoms with E-state index in [1.807, 2.05) is 0 Å². The van der Waals surface area contributed by atoms with Gasteiger partial charge in [0.15, 0.2) is 5.65 Å². The fourth-order valence-corrected chi connectivity index (χ4v) is 2.67. The van der Waals surface area contributed by atoms with Crippen LogP contribution >= 0.6 is 0 Å². The third kappa shape index (κ3) is 3.03. The van der Waals surface area contributed by atoms with Crippen LogP contribution in [0.2, 0.25) is 0 Å². The maximum absolute atomic E-state index is 12.6. The average Bonchev–Trinajstić information content (AvgIpc) is 3.16. The lowest BCUT2D eigenvalue weighted by Gasteiger charge is -2.15. The number of carbonyl (C=O) groups is 1. The number of hydrogen-bond acceptors (Lipinski definition) is 5. The van der Waals surface area contributed by atoms with E-state index in [0.29, 0.717) is 22.6 Å². The SMILES string of the molecule is O=C(Nc1ccccc1C(O)c1ccccn1)c1ccn2nccc2n1. The summed E-state index contributed by atoms with van der Waals surface area (Å²) >= 11 is 0. The van der Waals surface area contributed by atoms with Gasteiger partial charge in [0.25, 0.3) is 5.91 Å². The monoisotopic (exact) mass is 345 g/mol. The first kappa shape index (κ1) is 15.9. The number of aromatic nitrogens is 4. The van der Waals surface area contributed by atoms with Gasteiger partial charge >= 0.3 is 0 Å². The first-order valence-electron chi connectivity index (χ1n) is 8.02. The van der Waals surface area contributed by atoms with Gasteiger partial charge in [0, 0.05) is 29.7 Å². The van der Waals surface area contributed by atoms with Gasteiger partial charge in [-0.2, -0.15) is 5.10 Å². The van der Waals surface area contributed by atoms with Crippen LogP contribution in [0.1, 0.15) is 27.8 Å². The highest BCUT2D eigenvalue weighted by Crippen LogP contribution is 2.27. The summed E-state index contributed by atoms with van der Waals surface area (Å²) < 4.78 is 1.58. The van der Waals surface area contributed by atoms with E-state index >= 15 is 0 Å². The number of para-hydroxylation sites is 1. The third-order valence-corrected chi connectivity index (χ3v) is 3.96. The second-order valence-electron chi connectivity index (χ2n) is 5.65. The highest BCUT2D eigenvalue weighted by Gasteiger charge is 2.17. The van der Waals surface area contributed by atoms with Crippen LogP contribution in [0.5, 0.6) is 0 Å². The number of carbonyl (C=O) groups excluding carboxylic acids is 1. The third-order valence-electron chi connectivity index (χ3n) is 3.96. The van der Waals surface area contributed by atoms with Crippen LogP contribution in [-0.4, -0.2) is 30.6 Å². The van der Waals surface area contributed by atoms with E-state index in [2.05, 4.69) is 20.4 Å². The fraction of sp³-hybridized carbons (Fsp3) is 0.0526. The van der Waals surface area contributed by atoms with Gasteiger partial charge in [0.1, 0.15) is 11.8 Å². The standard InChI is InChI=1S/C19H15N5O2/c25-18(15-7-3-4-10-20-15)13-5-1-2-6-14(13)23-19(26)16-9-12-24-17(22-16)8-11-21-24/h1-12,18,25H,(H,23,26). The molecule has 26 heavy (non-hydrogen) atoms. The molecule has 1 unspecified atom stereocenters. The number of aliphatic hydroxyl groups is 1. The zero-order valence-corrected chi connectivity index (χ0v) is 13.6. The van der Waals surface area contributed by atoms with Crippen LogP contribution in [0.15, 0.2) is 73.2 Å². The first-order chi connectivity index (χ1) is 12.7. The summed E-state index contributed by atoms with van der Waals surface area (Å²) in [4.78, 5) is 21.0. The van der Waals surface area contributed by atoms with E-state index in [4.69, 9.17) is 0 Å². The lowest BCUT2D eigenvalue weighted by atomic mass is 10.0. The average molecular weight is 345 g/mol. The number of benzene rings is 1. The Hall–Kier alpha value is -3.58. The van der Waals surface area contributed by atoms with Crippen molar-refractivity contribution in [3.63, 3.8) is 0 Å². The Kier molecular flexibility index (Phi) is 4.12. The Morgan fingerprint density at radius 1 is 1.04 bits per heavy atom. The predicted octanol–water partition coefficient (Wildman–Crippen LogP) is 2.46. The van der Waals surface area contributed by atoms with E-state index in [9.17, 15) is 9.90 Å². The molecule has 7 nitrogen and oxygen atoms in total. The molecule has 1 amide bonds. The molecule has 0 aliphatic rings. The number of nitrogens with zero attached hydrogens (tertiary/aromatic N) is 4. The molecule has 0 fully saturated rings. The van der Waals surface area contributed by atoms with Crippen molar-refractivity contribution < 1.29 is 9.90 Å². The van der Waals surface area contributed by atoms with Crippen molar-refractivity contribution in [3.05, 3.63) is 90.1 Å². The molecule has 0 saturated carbocycles. The van der Waals surface area contributed by atoms with Gasteiger partial charge in [-0.15, -0.1) is 0 Å². The number of anilines is 1. The Bertz CT molecular complexity index is 1060. The molecule has 0 spiro atoms. The summed E-state index contributed by atoms with van der Waals surface area (Å²) in [5.41, 5.74) is 2.42. The molecule has 0 aliphatic carbocycles. The molecule has 3 aromatic heterocycles. The van der Waals surface area contributed by atoms with E-state index < -0.39 is 6.10 Å². The van der Waals surface area contributed by atoms with Crippen LogP contribution in [-0.2, 0) is 0 Å². The molecule has 3 heterocycles. The molecule has 0 radical (unpaired) electrons. The van der Waals surface area contributed by atoms with Gasteiger partial charge in [-0.25, -0.2) is 9.50 Å². The molecular weight excluding hydrogens is 330 g/mol. The van der Waals surface area contributed by atoms with Crippen LogP contribution in [0, 0.1) is 0 Å². The highest BCUT2D eigenvalue weighted by molar-refractivity contribution is 6.03. The van der Waals surface area contributed by atoms with Gasteiger partial charge in [-0.05, 0) is 24.3 Å². The van der Waals surface area contributed by atoms with Crippen molar-refractivity contribution >= 4 is 17.2 Å². The Labute approximate surface area is 149 Å². The van der Waals surface area contributed by atoms with E-state index in [0.717, 1.165) is 0 Å². The van der Waals surface area contributed by atoms with Gasteiger partial charge in [-0.3, -0.25) is 9.78 Å². The maximum atomic E-state index is 12.6. The van der Waals surface area contributed by atoms with Gasteiger partial charge in [-0.1, -0.05) is 24.3 Å². The Morgan fingerprint density at radius 3 is 2.73 bits per heavy atom. The second-order valence-corrected chi connectivity index (χ2v) is 5.65. The summed E-state index contributed by atoms with van der Waals surface area (Å²) in [6.07, 6.45) is 3.96. The number of rotatable bonds is 4. The van der Waals surface area contributed by atoms with E-state index in [1.165, 1.54) is 0 Å². The maximum Gasteiger partial charge on any atom is 0.274 e. The minimum absolute atomic E-state index is 0.264. The van der Waals surface area contributed by atoms with E-state index in [-0.39, 0.29) is 11.6 Å². The zero-order chi connectivity index (χ0) is 17.9. The van der Waals surface area contributed by atoms with E-state index in [1.54, 1.807) is 77.7 Å². The fourth-order valence-electron chi connectivity index (χ4n) is 2.67. The molecule has 1 atom stereocenters. The normalized spacial score (nSPS) is 12.0. The number of aliphatic hydroxyl groups excluding tert-OH is 1. The van der Waals surface area contributed by atoms with Crippen molar-refractivity contribution in [1.29, 1.82) is 0 Å². The van der Waals surface area contributed by atoms with Crippen LogP contribution < -0.4 is 5.32 Å². The van der Waals surface area contributed by atoms with Crippen LogP contribution in [0.4, 0.5) is 5.69 Å². The van der Waals surface area contributed by atoms with Crippen molar-refractivity contribution in [2.45, 2.75) is 6.10 Å². The molecule has 128 valence electrons. The molecule has 2 N–H and O–H groups in total. The van der Waals surface area contributed by atoms with Crippen LogP contribution in [0.25, 0.3) is 5.65 Å². The number of nitrogens with one attached hydrogen (secondary N) is 1. The van der Waals surface area contributed by atoms with Crippen molar-refractivity contribution in [1.82, 2.24) is 19.6 Å². The van der Waals surface area contributed by atoms with Gasteiger partial charge in [0.05, 0.1) is 11.9 Å².